The summed E-state index contributed by atoms with van der Waals surface area (Å²) in [6, 6.07) is 8.74. The number of fused-ring (bicyclic) bond motifs is 1. The third-order valence-corrected chi connectivity index (χ3v) is 3.10. The summed E-state index contributed by atoms with van der Waals surface area (Å²) in [5.41, 5.74) is 0.821. The van der Waals surface area contributed by atoms with E-state index in [4.69, 9.17) is 5.11 Å². The molecule has 0 aliphatic heterocycles. The molecule has 2 N–H and O–H groups in total. The molecule has 1 heterocycles. The molecule has 0 aliphatic rings. The lowest BCUT2D eigenvalue weighted by Crippen LogP contribution is -2.25. The van der Waals surface area contributed by atoms with Crippen molar-refractivity contribution in [1.29, 1.82) is 0 Å². The fourth-order valence-corrected chi connectivity index (χ4v) is 1.97. The minimum absolute atomic E-state index is 0.561. The van der Waals surface area contributed by atoms with Crippen molar-refractivity contribution < 1.29 is 9.90 Å². The molecule has 0 bridgehead atoms. The van der Waals surface area contributed by atoms with Crippen LogP contribution in [0.15, 0.2) is 34.8 Å². The molecule has 1 aromatic heterocycles. The average Bonchev–Trinajstić information content (AvgIpc) is 2.29. The Kier molecular flexibility index (Phi) is 3.28. The van der Waals surface area contributed by atoms with Crippen LogP contribution in [0.1, 0.15) is 6.92 Å². The second-order valence-corrected chi connectivity index (χ2v) is 4.56. The number of pyridine rings is 1. The number of carboxylic acids is 1. The Morgan fingerprint density at radius 2 is 2.18 bits per heavy atom. The molecule has 1 aromatic carbocycles. The number of benzene rings is 1. The van der Waals surface area contributed by atoms with E-state index < -0.39 is 12.0 Å². The third-order valence-electron chi connectivity index (χ3n) is 2.41. The SMILES string of the molecule is CC(Nc1ccc2c(Br)cccc2n1)C(=O)O. The summed E-state index contributed by atoms with van der Waals surface area (Å²) in [6.45, 7) is 1.58. The van der Waals surface area contributed by atoms with Gasteiger partial charge in [-0.25, -0.2) is 4.98 Å². The van der Waals surface area contributed by atoms with E-state index in [1.807, 2.05) is 24.3 Å². The van der Waals surface area contributed by atoms with Gasteiger partial charge in [0.1, 0.15) is 11.9 Å². The summed E-state index contributed by atoms with van der Waals surface area (Å²) < 4.78 is 0.973. The summed E-state index contributed by atoms with van der Waals surface area (Å²) >= 11 is 3.44. The van der Waals surface area contributed by atoms with Gasteiger partial charge in [0.2, 0.25) is 0 Å². The Morgan fingerprint density at radius 3 is 2.88 bits per heavy atom. The Labute approximate surface area is 107 Å². The molecule has 88 valence electrons. The monoisotopic (exact) mass is 294 g/mol. The van der Waals surface area contributed by atoms with E-state index in [1.165, 1.54) is 0 Å². The molecule has 1 atom stereocenters. The highest BCUT2D eigenvalue weighted by molar-refractivity contribution is 9.10. The van der Waals surface area contributed by atoms with Gasteiger partial charge >= 0.3 is 5.97 Å². The molecule has 0 saturated carbocycles. The van der Waals surface area contributed by atoms with Crippen molar-refractivity contribution >= 4 is 38.6 Å². The maximum Gasteiger partial charge on any atom is 0.325 e. The van der Waals surface area contributed by atoms with Crippen molar-refractivity contribution in [2.75, 3.05) is 5.32 Å². The molecule has 2 aromatic rings. The Morgan fingerprint density at radius 1 is 1.41 bits per heavy atom. The molecule has 2 rings (SSSR count). The third kappa shape index (κ3) is 2.55. The second kappa shape index (κ2) is 4.71. The summed E-state index contributed by atoms with van der Waals surface area (Å²) in [6.07, 6.45) is 0. The highest BCUT2D eigenvalue weighted by Gasteiger charge is 2.11. The van der Waals surface area contributed by atoms with E-state index in [0.717, 1.165) is 15.4 Å². The first kappa shape index (κ1) is 11.9. The largest absolute Gasteiger partial charge is 0.480 e. The molecule has 4 nitrogen and oxygen atoms in total. The zero-order chi connectivity index (χ0) is 12.4. The standard InChI is InChI=1S/C12H11BrN2O2/c1-7(12(16)17)14-11-6-5-8-9(13)3-2-4-10(8)15-11/h2-7H,1H3,(H,14,15)(H,16,17). The molecule has 0 fully saturated rings. The van der Waals surface area contributed by atoms with Gasteiger partial charge in [-0.05, 0) is 31.2 Å². The fraction of sp³-hybridized carbons (Fsp3) is 0.167. The van der Waals surface area contributed by atoms with E-state index in [1.54, 1.807) is 13.0 Å². The van der Waals surface area contributed by atoms with Gasteiger partial charge in [-0.3, -0.25) is 4.79 Å². The first-order valence-corrected chi connectivity index (χ1v) is 5.92. The normalized spacial score (nSPS) is 12.4. The molecule has 0 saturated heterocycles. The van der Waals surface area contributed by atoms with Crippen LogP contribution in [0.5, 0.6) is 0 Å². The number of nitrogens with zero attached hydrogens (tertiary/aromatic N) is 1. The second-order valence-electron chi connectivity index (χ2n) is 3.71. The average molecular weight is 295 g/mol. The van der Waals surface area contributed by atoms with Crippen LogP contribution in [0.4, 0.5) is 5.82 Å². The van der Waals surface area contributed by atoms with Crippen LogP contribution < -0.4 is 5.32 Å². The number of aromatic nitrogens is 1. The van der Waals surface area contributed by atoms with E-state index >= 15 is 0 Å². The topological polar surface area (TPSA) is 62.2 Å². The molecule has 0 radical (unpaired) electrons. The van der Waals surface area contributed by atoms with Crippen molar-refractivity contribution in [2.45, 2.75) is 13.0 Å². The van der Waals surface area contributed by atoms with Crippen molar-refractivity contribution in [3.63, 3.8) is 0 Å². The van der Waals surface area contributed by atoms with Gasteiger partial charge in [-0.15, -0.1) is 0 Å². The lowest BCUT2D eigenvalue weighted by atomic mass is 10.2. The first-order chi connectivity index (χ1) is 8.08. The molecule has 0 aliphatic carbocycles. The zero-order valence-corrected chi connectivity index (χ0v) is 10.7. The number of aliphatic carboxylic acids is 1. The Hall–Kier alpha value is -1.62. The lowest BCUT2D eigenvalue weighted by molar-refractivity contribution is -0.137. The summed E-state index contributed by atoms with van der Waals surface area (Å²) in [4.78, 5) is 15.1. The predicted octanol–water partition coefficient (Wildman–Crippen LogP) is 2.88. The molecule has 5 heteroatoms. The maximum absolute atomic E-state index is 10.7. The van der Waals surface area contributed by atoms with E-state index in [2.05, 4.69) is 26.2 Å². The maximum atomic E-state index is 10.7. The van der Waals surface area contributed by atoms with Gasteiger partial charge in [0.05, 0.1) is 5.52 Å². The summed E-state index contributed by atoms with van der Waals surface area (Å²) in [5, 5.41) is 12.6. The van der Waals surface area contributed by atoms with Gasteiger partial charge < -0.3 is 10.4 Å². The number of halogens is 1. The van der Waals surface area contributed by atoms with Crippen LogP contribution in [-0.4, -0.2) is 22.1 Å². The first-order valence-electron chi connectivity index (χ1n) is 5.12. The molecule has 1 unspecified atom stereocenters. The summed E-state index contributed by atoms with van der Waals surface area (Å²) in [7, 11) is 0. The smallest absolute Gasteiger partial charge is 0.325 e. The Balaban J connectivity index is 2.35. The number of hydrogen-bond acceptors (Lipinski definition) is 3. The van der Waals surface area contributed by atoms with Crippen molar-refractivity contribution in [3.05, 3.63) is 34.8 Å². The van der Waals surface area contributed by atoms with Crippen LogP contribution in [0.2, 0.25) is 0 Å². The zero-order valence-electron chi connectivity index (χ0n) is 9.14. The number of rotatable bonds is 3. The minimum atomic E-state index is -0.902. The number of nitrogens with one attached hydrogen (secondary N) is 1. The molecule has 0 spiro atoms. The van der Waals surface area contributed by atoms with Crippen LogP contribution >= 0.6 is 15.9 Å². The minimum Gasteiger partial charge on any atom is -0.480 e. The van der Waals surface area contributed by atoms with E-state index in [-0.39, 0.29) is 0 Å². The van der Waals surface area contributed by atoms with Crippen LogP contribution in [-0.2, 0) is 4.79 Å². The van der Waals surface area contributed by atoms with Crippen LogP contribution in [0, 0.1) is 0 Å². The van der Waals surface area contributed by atoms with Gasteiger partial charge in [-0.1, -0.05) is 22.0 Å². The quantitative estimate of drug-likeness (QED) is 0.914. The van der Waals surface area contributed by atoms with Crippen molar-refractivity contribution in [1.82, 2.24) is 4.98 Å². The van der Waals surface area contributed by atoms with Crippen LogP contribution in [0.25, 0.3) is 10.9 Å². The number of carboxylic acid groups (broad SMARTS) is 1. The molecule has 17 heavy (non-hydrogen) atoms. The lowest BCUT2D eigenvalue weighted by Gasteiger charge is -2.10. The highest BCUT2D eigenvalue weighted by atomic mass is 79.9. The summed E-state index contributed by atoms with van der Waals surface area (Å²) in [5.74, 6) is -0.341. The van der Waals surface area contributed by atoms with E-state index in [9.17, 15) is 4.79 Å². The molecule has 0 amide bonds. The van der Waals surface area contributed by atoms with Gasteiger partial charge in [0.15, 0.2) is 0 Å². The molecular weight excluding hydrogens is 284 g/mol. The molecular formula is C12H11BrN2O2. The van der Waals surface area contributed by atoms with Crippen molar-refractivity contribution in [3.8, 4) is 0 Å². The number of hydrogen-bond donors (Lipinski definition) is 2. The Bertz CT molecular complexity index is 571. The van der Waals surface area contributed by atoms with Gasteiger partial charge in [-0.2, -0.15) is 0 Å². The van der Waals surface area contributed by atoms with Crippen LogP contribution in [0.3, 0.4) is 0 Å². The van der Waals surface area contributed by atoms with Gasteiger partial charge in [0.25, 0.3) is 0 Å². The number of anilines is 1. The highest BCUT2D eigenvalue weighted by Crippen LogP contribution is 2.23. The number of carbonyl (C=O) groups is 1. The van der Waals surface area contributed by atoms with Crippen molar-refractivity contribution in [2.24, 2.45) is 0 Å². The van der Waals surface area contributed by atoms with Gasteiger partial charge in [0, 0.05) is 9.86 Å². The predicted molar refractivity (Wildman–Crippen MR) is 70.2 cm³/mol. The fourth-order valence-electron chi connectivity index (χ4n) is 1.48. The van der Waals surface area contributed by atoms with E-state index in [0.29, 0.717) is 5.82 Å².